The first-order valence-corrected chi connectivity index (χ1v) is 9.52. The maximum atomic E-state index is 12.4. The minimum Gasteiger partial charge on any atom is -0.351 e. The molecule has 0 bridgehead atoms. The zero-order chi connectivity index (χ0) is 20.1. The molecule has 1 amide bonds. The van der Waals surface area contributed by atoms with Gasteiger partial charge in [0.15, 0.2) is 0 Å². The van der Waals surface area contributed by atoms with Crippen molar-refractivity contribution >= 4 is 18.3 Å². The number of nitrogens with one attached hydrogen (secondary N) is 1. The molecule has 0 saturated carbocycles. The Bertz CT molecular complexity index is 915. The van der Waals surface area contributed by atoms with E-state index in [1.165, 1.54) is 5.56 Å². The van der Waals surface area contributed by atoms with E-state index in [1.807, 2.05) is 55.9 Å². The number of nitrogens with zero attached hydrogens (tertiary/aromatic N) is 2. The van der Waals surface area contributed by atoms with E-state index in [0.717, 1.165) is 23.2 Å². The van der Waals surface area contributed by atoms with Crippen LogP contribution in [0.2, 0.25) is 0 Å². The summed E-state index contributed by atoms with van der Waals surface area (Å²) in [7, 11) is 0. The van der Waals surface area contributed by atoms with Crippen molar-refractivity contribution in [3.63, 3.8) is 0 Å². The SMILES string of the molecule is CC(C)(C)[C@H](N)C(=O)NCc1ccccc1-c1ccc(Cn2cccn2)cc1.Cl. The van der Waals surface area contributed by atoms with Crippen molar-refractivity contribution in [2.75, 3.05) is 0 Å². The summed E-state index contributed by atoms with van der Waals surface area (Å²) < 4.78 is 1.90. The van der Waals surface area contributed by atoms with Crippen LogP contribution in [0.15, 0.2) is 67.0 Å². The number of rotatable bonds is 6. The van der Waals surface area contributed by atoms with Crippen LogP contribution in [-0.4, -0.2) is 21.7 Å². The van der Waals surface area contributed by atoms with E-state index in [9.17, 15) is 4.79 Å². The lowest BCUT2D eigenvalue weighted by Crippen LogP contribution is -2.48. The van der Waals surface area contributed by atoms with Crippen molar-refractivity contribution in [3.05, 3.63) is 78.1 Å². The van der Waals surface area contributed by atoms with Crippen LogP contribution in [0.4, 0.5) is 0 Å². The van der Waals surface area contributed by atoms with Crippen LogP contribution in [0.1, 0.15) is 31.9 Å². The average molecular weight is 413 g/mol. The second-order valence-corrected chi connectivity index (χ2v) is 8.12. The van der Waals surface area contributed by atoms with Gasteiger partial charge in [-0.3, -0.25) is 9.48 Å². The van der Waals surface area contributed by atoms with Gasteiger partial charge in [-0.05, 0) is 33.7 Å². The predicted octanol–water partition coefficient (Wildman–Crippen LogP) is 4.01. The highest BCUT2D eigenvalue weighted by atomic mass is 35.5. The van der Waals surface area contributed by atoms with Crippen molar-refractivity contribution in [2.24, 2.45) is 11.1 Å². The van der Waals surface area contributed by atoms with Crippen LogP contribution in [0, 0.1) is 5.41 Å². The van der Waals surface area contributed by atoms with E-state index in [-0.39, 0.29) is 23.7 Å². The summed E-state index contributed by atoms with van der Waals surface area (Å²) in [5.41, 5.74) is 10.3. The molecule has 3 N–H and O–H groups in total. The maximum absolute atomic E-state index is 12.4. The van der Waals surface area contributed by atoms with Crippen molar-refractivity contribution in [1.29, 1.82) is 0 Å². The highest BCUT2D eigenvalue weighted by molar-refractivity contribution is 5.85. The monoisotopic (exact) mass is 412 g/mol. The molecule has 0 aliphatic carbocycles. The molecule has 0 aliphatic heterocycles. The van der Waals surface area contributed by atoms with Crippen molar-refractivity contribution in [2.45, 2.75) is 39.9 Å². The molecule has 6 heteroatoms. The Morgan fingerprint density at radius 3 is 2.41 bits per heavy atom. The number of amides is 1. The normalized spacial score (nSPS) is 12.1. The zero-order valence-corrected chi connectivity index (χ0v) is 17.9. The van der Waals surface area contributed by atoms with Gasteiger partial charge in [0.1, 0.15) is 0 Å². The van der Waals surface area contributed by atoms with Crippen LogP contribution in [0.25, 0.3) is 11.1 Å². The third-order valence-corrected chi connectivity index (χ3v) is 4.85. The Kier molecular flexibility index (Phi) is 7.59. The first-order chi connectivity index (χ1) is 13.3. The predicted molar refractivity (Wildman–Crippen MR) is 120 cm³/mol. The van der Waals surface area contributed by atoms with E-state index in [1.54, 1.807) is 6.20 Å². The zero-order valence-electron chi connectivity index (χ0n) is 17.1. The standard InChI is InChI=1S/C23H28N4O.ClH/c1-23(2,3)21(24)22(28)25-15-19-7-4-5-8-20(19)18-11-9-17(10-12-18)16-27-14-6-13-26-27;/h4-14,21H,15-16,24H2,1-3H3,(H,25,28);1H/t21-;/m1./s1. The molecule has 0 aliphatic rings. The fourth-order valence-corrected chi connectivity index (χ4v) is 3.01. The highest BCUT2D eigenvalue weighted by Crippen LogP contribution is 2.24. The van der Waals surface area contributed by atoms with E-state index in [2.05, 4.69) is 40.7 Å². The van der Waals surface area contributed by atoms with Crippen LogP contribution in [0.3, 0.4) is 0 Å². The minimum atomic E-state index is -0.541. The summed E-state index contributed by atoms with van der Waals surface area (Å²) in [6, 6.07) is 17.9. The molecule has 154 valence electrons. The Balaban J connectivity index is 0.00000300. The largest absolute Gasteiger partial charge is 0.351 e. The van der Waals surface area contributed by atoms with Crippen molar-refractivity contribution in [3.8, 4) is 11.1 Å². The smallest absolute Gasteiger partial charge is 0.237 e. The second-order valence-electron chi connectivity index (χ2n) is 8.12. The second kappa shape index (κ2) is 9.72. The number of nitrogens with two attached hydrogens (primary N) is 1. The van der Waals surface area contributed by atoms with E-state index >= 15 is 0 Å². The maximum Gasteiger partial charge on any atom is 0.237 e. The van der Waals surface area contributed by atoms with Gasteiger partial charge >= 0.3 is 0 Å². The lowest BCUT2D eigenvalue weighted by atomic mass is 9.87. The van der Waals surface area contributed by atoms with Crippen molar-refractivity contribution < 1.29 is 4.79 Å². The van der Waals surface area contributed by atoms with Gasteiger partial charge in [-0.15, -0.1) is 12.4 Å². The number of hydrogen-bond donors (Lipinski definition) is 2. The molecule has 0 unspecified atom stereocenters. The van der Waals surface area contributed by atoms with Crippen LogP contribution >= 0.6 is 12.4 Å². The Hall–Kier alpha value is -2.63. The van der Waals surface area contributed by atoms with Gasteiger partial charge in [0.05, 0.1) is 12.6 Å². The molecule has 1 heterocycles. The molecule has 3 aromatic rings. The minimum absolute atomic E-state index is 0. The lowest BCUT2D eigenvalue weighted by molar-refractivity contribution is -0.124. The average Bonchev–Trinajstić information content (AvgIpc) is 3.19. The molecular formula is C23H29ClN4O. The molecule has 0 radical (unpaired) electrons. The summed E-state index contributed by atoms with van der Waals surface area (Å²) in [6.07, 6.45) is 3.73. The fraction of sp³-hybridized carbons (Fsp3) is 0.304. The van der Waals surface area contributed by atoms with Crippen molar-refractivity contribution in [1.82, 2.24) is 15.1 Å². The van der Waals surface area contributed by atoms with Gasteiger partial charge in [0.2, 0.25) is 5.91 Å². The van der Waals surface area contributed by atoms with Crippen LogP contribution in [0.5, 0.6) is 0 Å². The third-order valence-electron chi connectivity index (χ3n) is 4.85. The van der Waals surface area contributed by atoms with E-state index < -0.39 is 6.04 Å². The van der Waals surface area contributed by atoms with Crippen LogP contribution in [-0.2, 0) is 17.9 Å². The summed E-state index contributed by atoms with van der Waals surface area (Å²) in [5.74, 6) is -0.128. The number of carbonyl (C=O) groups is 1. The number of benzene rings is 2. The highest BCUT2D eigenvalue weighted by Gasteiger charge is 2.27. The molecule has 0 spiro atoms. The molecule has 2 aromatic carbocycles. The van der Waals surface area contributed by atoms with Gasteiger partial charge < -0.3 is 11.1 Å². The van der Waals surface area contributed by atoms with Gasteiger partial charge in [-0.25, -0.2) is 0 Å². The number of halogens is 1. The molecule has 29 heavy (non-hydrogen) atoms. The Morgan fingerprint density at radius 2 is 1.79 bits per heavy atom. The first-order valence-electron chi connectivity index (χ1n) is 9.52. The van der Waals surface area contributed by atoms with E-state index in [0.29, 0.717) is 6.54 Å². The van der Waals surface area contributed by atoms with Gasteiger partial charge in [-0.2, -0.15) is 5.10 Å². The molecular weight excluding hydrogens is 384 g/mol. The molecule has 0 fully saturated rings. The number of carbonyl (C=O) groups excluding carboxylic acids is 1. The summed E-state index contributed by atoms with van der Waals surface area (Å²) in [4.78, 5) is 12.4. The third kappa shape index (κ3) is 5.92. The Morgan fingerprint density at radius 1 is 1.10 bits per heavy atom. The van der Waals surface area contributed by atoms with Crippen LogP contribution < -0.4 is 11.1 Å². The first kappa shape index (κ1) is 22.7. The summed E-state index contributed by atoms with van der Waals surface area (Å²) in [6.45, 7) is 7.10. The lowest BCUT2D eigenvalue weighted by Gasteiger charge is -2.26. The summed E-state index contributed by atoms with van der Waals surface area (Å²) in [5, 5.41) is 7.23. The number of hydrogen-bond acceptors (Lipinski definition) is 3. The fourth-order valence-electron chi connectivity index (χ4n) is 3.01. The molecule has 1 aromatic heterocycles. The number of aromatic nitrogens is 2. The van der Waals surface area contributed by atoms with Gasteiger partial charge in [0, 0.05) is 18.9 Å². The molecule has 1 atom stereocenters. The molecule has 3 rings (SSSR count). The quantitative estimate of drug-likeness (QED) is 0.642. The van der Waals surface area contributed by atoms with Gasteiger partial charge in [-0.1, -0.05) is 69.3 Å². The molecule has 5 nitrogen and oxygen atoms in total. The topological polar surface area (TPSA) is 72.9 Å². The summed E-state index contributed by atoms with van der Waals surface area (Å²) >= 11 is 0. The molecule has 0 saturated heterocycles. The van der Waals surface area contributed by atoms with Gasteiger partial charge in [0.25, 0.3) is 0 Å². The van der Waals surface area contributed by atoms with E-state index in [4.69, 9.17) is 5.73 Å². The Labute approximate surface area is 178 Å².